The van der Waals surface area contributed by atoms with Crippen molar-refractivity contribution in [3.05, 3.63) is 76.3 Å². The summed E-state index contributed by atoms with van der Waals surface area (Å²) >= 11 is 6.33. The Bertz CT molecular complexity index is 1590. The predicted octanol–water partition coefficient (Wildman–Crippen LogP) is 2.97. The van der Waals surface area contributed by atoms with Crippen LogP contribution in [0.3, 0.4) is 0 Å². The fourth-order valence-electron chi connectivity index (χ4n) is 6.46. The second-order valence-corrected chi connectivity index (χ2v) is 10.9. The van der Waals surface area contributed by atoms with Gasteiger partial charge < -0.3 is 25.0 Å². The normalized spacial score (nSPS) is 24.5. The molecule has 6 rings (SSSR count). The van der Waals surface area contributed by atoms with E-state index >= 15 is 0 Å². The number of halogens is 1. The van der Waals surface area contributed by atoms with Gasteiger partial charge in [0.25, 0.3) is 0 Å². The minimum Gasteiger partial charge on any atom is -0.504 e. The zero-order valence-corrected chi connectivity index (χ0v) is 23.1. The molecule has 41 heavy (non-hydrogen) atoms. The monoisotopic (exact) mass is 577 g/mol. The van der Waals surface area contributed by atoms with E-state index < -0.39 is 35.2 Å². The van der Waals surface area contributed by atoms with Crippen molar-refractivity contribution in [1.82, 2.24) is 10.2 Å². The highest BCUT2D eigenvalue weighted by atomic mass is 35.5. The number of hydrogen-bond donors (Lipinski definition) is 4. The number of phenolic OH excluding ortho intramolecular Hbond substituents is 2. The number of nitrogens with zero attached hydrogens (tertiary/aromatic N) is 1. The van der Waals surface area contributed by atoms with E-state index in [4.69, 9.17) is 21.1 Å². The van der Waals surface area contributed by atoms with Crippen LogP contribution in [0.25, 0.3) is 0 Å². The van der Waals surface area contributed by atoms with Crippen LogP contribution in [0.15, 0.2) is 54.6 Å². The first-order valence-electron chi connectivity index (χ1n) is 13.1. The minimum absolute atomic E-state index is 0.118. The van der Waals surface area contributed by atoms with Gasteiger partial charge in [0.1, 0.15) is 5.54 Å². The van der Waals surface area contributed by atoms with E-state index in [1.54, 1.807) is 43.5 Å². The lowest BCUT2D eigenvalue weighted by Gasteiger charge is -2.29. The highest BCUT2D eigenvalue weighted by molar-refractivity contribution is 6.31. The Morgan fingerprint density at radius 3 is 2.39 bits per heavy atom. The third kappa shape index (κ3) is 4.17. The van der Waals surface area contributed by atoms with E-state index in [0.29, 0.717) is 39.8 Å². The molecule has 4 N–H and O–H groups in total. The number of phenols is 2. The molecule has 0 aliphatic carbocycles. The molecule has 0 unspecified atom stereocenters. The Morgan fingerprint density at radius 1 is 0.902 bits per heavy atom. The number of fused-ring (bicyclic) bond motifs is 4. The number of rotatable bonds is 7. The molecular weight excluding hydrogens is 550 g/mol. The molecule has 3 aromatic rings. The largest absolute Gasteiger partial charge is 0.504 e. The summed E-state index contributed by atoms with van der Waals surface area (Å²) in [5.41, 5.74) is 1.02. The number of ether oxygens (including phenoxy) is 2. The summed E-state index contributed by atoms with van der Waals surface area (Å²) in [6.07, 6.45) is 0.602. The van der Waals surface area contributed by atoms with Gasteiger partial charge in [0.05, 0.1) is 26.1 Å². The number of methoxy groups -OCH3 is 2. The Balaban J connectivity index is 1.36. The van der Waals surface area contributed by atoms with E-state index in [0.717, 1.165) is 5.56 Å². The van der Waals surface area contributed by atoms with Crippen molar-refractivity contribution in [2.75, 3.05) is 26.1 Å². The highest BCUT2D eigenvalue weighted by Crippen LogP contribution is 2.53. The van der Waals surface area contributed by atoms with Crippen molar-refractivity contribution in [2.24, 2.45) is 11.8 Å². The molecule has 11 heteroatoms. The summed E-state index contributed by atoms with van der Waals surface area (Å²) in [5.74, 6) is -2.55. The molecule has 3 aliphatic rings. The second kappa shape index (κ2) is 9.97. The number of aromatic hydroxyl groups is 2. The van der Waals surface area contributed by atoms with Gasteiger partial charge in [0, 0.05) is 28.9 Å². The Labute approximate surface area is 240 Å². The molecule has 212 valence electrons. The quantitative estimate of drug-likeness (QED) is 0.248. The van der Waals surface area contributed by atoms with Crippen LogP contribution in [0.1, 0.15) is 16.7 Å². The lowest BCUT2D eigenvalue weighted by molar-refractivity contribution is -0.142. The van der Waals surface area contributed by atoms with Gasteiger partial charge >= 0.3 is 0 Å². The van der Waals surface area contributed by atoms with E-state index in [2.05, 4.69) is 10.6 Å². The van der Waals surface area contributed by atoms with Crippen molar-refractivity contribution in [2.45, 2.75) is 24.4 Å². The summed E-state index contributed by atoms with van der Waals surface area (Å²) in [4.78, 5) is 43.0. The number of likely N-dealkylation sites (tertiary alicyclic amines) is 1. The summed E-state index contributed by atoms with van der Waals surface area (Å²) in [5, 5.41) is 26.4. The van der Waals surface area contributed by atoms with Crippen LogP contribution in [-0.2, 0) is 32.8 Å². The number of benzene rings is 3. The first-order chi connectivity index (χ1) is 19.7. The van der Waals surface area contributed by atoms with E-state index in [-0.39, 0.29) is 30.4 Å². The molecule has 3 heterocycles. The number of anilines is 1. The van der Waals surface area contributed by atoms with Crippen molar-refractivity contribution < 1.29 is 34.1 Å². The standard InChI is InChI=1S/C30H28ClN3O7/c1-40-23-8-4-15(13-24(23)41-2)9-10-34-27(37)25-20(11-16-3-7-21(35)22(36)12-16)33-30(26(25)28(34)38)18-14-17(31)5-6-19(18)32-29(30)39/h3-8,12-14,20,25-26,33,35-36H,9-11H2,1-2H3,(H,32,39)/t20-,25+,26+,30+/m0/s1. The van der Waals surface area contributed by atoms with Gasteiger partial charge in [-0.25, -0.2) is 0 Å². The Morgan fingerprint density at radius 2 is 1.66 bits per heavy atom. The van der Waals surface area contributed by atoms with E-state index in [1.807, 2.05) is 6.07 Å². The summed E-state index contributed by atoms with van der Waals surface area (Å²) in [6.45, 7) is 0.118. The van der Waals surface area contributed by atoms with Crippen LogP contribution < -0.4 is 20.1 Å². The molecule has 1 spiro atoms. The van der Waals surface area contributed by atoms with Crippen LogP contribution in [-0.4, -0.2) is 59.6 Å². The molecule has 0 bridgehead atoms. The number of nitrogens with one attached hydrogen (secondary N) is 2. The number of carbonyl (C=O) groups excluding carboxylic acids is 3. The first-order valence-corrected chi connectivity index (χ1v) is 13.5. The molecule has 2 saturated heterocycles. The van der Waals surface area contributed by atoms with Gasteiger partial charge in [0.15, 0.2) is 23.0 Å². The number of imide groups is 1. The molecule has 2 fully saturated rings. The number of amides is 3. The van der Waals surface area contributed by atoms with Gasteiger partial charge in [-0.05, 0) is 66.4 Å². The molecule has 3 amide bonds. The van der Waals surface area contributed by atoms with Crippen molar-refractivity contribution in [1.29, 1.82) is 0 Å². The first kappa shape index (κ1) is 26.9. The molecule has 10 nitrogen and oxygen atoms in total. The topological polar surface area (TPSA) is 137 Å². The number of carbonyl (C=O) groups is 3. The fraction of sp³-hybridized carbons (Fsp3) is 0.300. The predicted molar refractivity (Wildman–Crippen MR) is 149 cm³/mol. The lowest BCUT2D eigenvalue weighted by Crippen LogP contribution is -2.53. The zero-order valence-electron chi connectivity index (χ0n) is 22.3. The highest BCUT2D eigenvalue weighted by Gasteiger charge is 2.70. The van der Waals surface area contributed by atoms with E-state index in [1.165, 1.54) is 24.1 Å². The summed E-state index contributed by atoms with van der Waals surface area (Å²) in [7, 11) is 3.08. The zero-order chi connectivity index (χ0) is 29.1. The van der Waals surface area contributed by atoms with Gasteiger partial charge in [-0.1, -0.05) is 23.7 Å². The molecule has 0 saturated carbocycles. The Kier molecular flexibility index (Phi) is 6.55. The molecule has 0 aromatic heterocycles. The summed E-state index contributed by atoms with van der Waals surface area (Å²) < 4.78 is 10.7. The number of hydrogen-bond acceptors (Lipinski definition) is 8. The summed E-state index contributed by atoms with van der Waals surface area (Å²) in [6, 6.07) is 14.2. The molecular formula is C30H28ClN3O7. The smallest absolute Gasteiger partial charge is 0.250 e. The van der Waals surface area contributed by atoms with Crippen molar-refractivity contribution in [3.63, 3.8) is 0 Å². The SMILES string of the molecule is COc1ccc(CCN2C(=O)[C@@H]3[C@H](Cc4ccc(O)c(O)c4)N[C@@]4(C(=O)Nc5ccc(Cl)cc54)[C@H]3C2=O)cc1OC. The average molecular weight is 578 g/mol. The van der Waals surface area contributed by atoms with Crippen LogP contribution in [0.4, 0.5) is 5.69 Å². The maximum atomic E-state index is 14.1. The van der Waals surface area contributed by atoms with Gasteiger partial charge in [-0.3, -0.25) is 24.6 Å². The lowest BCUT2D eigenvalue weighted by atomic mass is 9.76. The van der Waals surface area contributed by atoms with Crippen LogP contribution >= 0.6 is 11.6 Å². The van der Waals surface area contributed by atoms with Crippen molar-refractivity contribution >= 4 is 35.0 Å². The molecule has 4 atom stereocenters. The molecule has 3 aromatic carbocycles. The maximum Gasteiger partial charge on any atom is 0.250 e. The van der Waals surface area contributed by atoms with E-state index in [9.17, 15) is 24.6 Å². The van der Waals surface area contributed by atoms with Crippen LogP contribution in [0, 0.1) is 11.8 Å². The second-order valence-electron chi connectivity index (χ2n) is 10.5. The third-order valence-electron chi connectivity index (χ3n) is 8.34. The van der Waals surface area contributed by atoms with Gasteiger partial charge in [-0.2, -0.15) is 0 Å². The molecule has 3 aliphatic heterocycles. The van der Waals surface area contributed by atoms with Crippen molar-refractivity contribution in [3.8, 4) is 23.0 Å². The fourth-order valence-corrected chi connectivity index (χ4v) is 6.63. The minimum atomic E-state index is -1.50. The Hall–Kier alpha value is -4.28. The average Bonchev–Trinajstić information content (AvgIpc) is 3.53. The van der Waals surface area contributed by atoms with Gasteiger partial charge in [0.2, 0.25) is 17.7 Å². The maximum absolute atomic E-state index is 14.1. The van der Waals surface area contributed by atoms with Crippen LogP contribution in [0.2, 0.25) is 5.02 Å². The third-order valence-corrected chi connectivity index (χ3v) is 8.57. The molecule has 0 radical (unpaired) electrons. The van der Waals surface area contributed by atoms with Crippen LogP contribution in [0.5, 0.6) is 23.0 Å². The van der Waals surface area contributed by atoms with Gasteiger partial charge in [-0.15, -0.1) is 0 Å².